The first-order valence-corrected chi connectivity index (χ1v) is 7.73. The average molecular weight is 299 g/mol. The molecule has 0 amide bonds. The Hall–Kier alpha value is -0.730. The Kier molecular flexibility index (Phi) is 5.12. The molecule has 2 rings (SSSR count). The summed E-state index contributed by atoms with van der Waals surface area (Å²) >= 11 is 12.0. The summed E-state index contributed by atoms with van der Waals surface area (Å²) in [4.78, 5) is 4.66. The van der Waals surface area contributed by atoms with Crippen molar-refractivity contribution in [2.75, 3.05) is 5.88 Å². The van der Waals surface area contributed by atoms with Gasteiger partial charge in [-0.2, -0.15) is 0 Å². The molecule has 2 aromatic rings. The van der Waals surface area contributed by atoms with Gasteiger partial charge >= 0.3 is 0 Å². The lowest BCUT2D eigenvalue weighted by Gasteiger charge is -2.10. The van der Waals surface area contributed by atoms with Gasteiger partial charge in [-0.05, 0) is 37.0 Å². The molecule has 2 nitrogen and oxygen atoms in total. The first-order chi connectivity index (χ1) is 9.11. The average Bonchev–Trinajstić information content (AvgIpc) is 2.67. The monoisotopic (exact) mass is 298 g/mol. The van der Waals surface area contributed by atoms with Crippen molar-refractivity contribution in [3.8, 4) is 0 Å². The maximum Gasteiger partial charge on any atom is 0.111 e. The molecule has 1 aromatic heterocycles. The van der Waals surface area contributed by atoms with Gasteiger partial charge < -0.3 is 4.57 Å². The Morgan fingerprint density at radius 2 is 2.11 bits per heavy atom. The van der Waals surface area contributed by atoms with Crippen LogP contribution in [0.5, 0.6) is 0 Å². The third-order valence-corrected chi connectivity index (χ3v) is 3.69. The van der Waals surface area contributed by atoms with Crippen molar-refractivity contribution in [1.82, 2.24) is 9.55 Å². The lowest BCUT2D eigenvalue weighted by atomic mass is 10.1. The van der Waals surface area contributed by atoms with Crippen LogP contribution in [0.4, 0.5) is 0 Å². The highest BCUT2D eigenvalue weighted by atomic mass is 35.5. The Morgan fingerprint density at radius 3 is 2.79 bits per heavy atom. The van der Waals surface area contributed by atoms with Crippen molar-refractivity contribution < 1.29 is 0 Å². The summed E-state index contributed by atoms with van der Waals surface area (Å²) in [5, 5.41) is 0.759. The molecule has 0 saturated carbocycles. The van der Waals surface area contributed by atoms with Gasteiger partial charge in [0.2, 0.25) is 0 Å². The summed E-state index contributed by atoms with van der Waals surface area (Å²) in [5.74, 6) is 2.40. The largest absolute Gasteiger partial charge is 0.328 e. The fourth-order valence-corrected chi connectivity index (χ4v) is 2.66. The summed E-state index contributed by atoms with van der Waals surface area (Å²) in [5.41, 5.74) is 2.13. The molecule has 0 radical (unpaired) electrons. The van der Waals surface area contributed by atoms with Crippen LogP contribution in [0.25, 0.3) is 11.0 Å². The number of hydrogen-bond donors (Lipinski definition) is 0. The van der Waals surface area contributed by atoms with Crippen molar-refractivity contribution in [2.45, 2.75) is 39.7 Å². The molecule has 0 aliphatic heterocycles. The minimum atomic E-state index is 0.598. The van der Waals surface area contributed by atoms with E-state index in [2.05, 4.69) is 23.4 Å². The second kappa shape index (κ2) is 6.62. The van der Waals surface area contributed by atoms with Crippen molar-refractivity contribution in [1.29, 1.82) is 0 Å². The highest BCUT2D eigenvalue weighted by Gasteiger charge is 2.10. The highest BCUT2D eigenvalue weighted by Crippen LogP contribution is 2.22. The number of aryl methyl sites for hydroxylation is 2. The zero-order valence-electron chi connectivity index (χ0n) is 11.5. The van der Waals surface area contributed by atoms with Crippen LogP contribution in [-0.2, 0) is 13.0 Å². The molecule has 0 aliphatic carbocycles. The van der Waals surface area contributed by atoms with E-state index < -0.39 is 0 Å². The lowest BCUT2D eigenvalue weighted by Crippen LogP contribution is -2.05. The van der Waals surface area contributed by atoms with Gasteiger partial charge in [-0.15, -0.1) is 11.6 Å². The van der Waals surface area contributed by atoms with Crippen LogP contribution in [0.1, 0.15) is 32.5 Å². The van der Waals surface area contributed by atoms with Gasteiger partial charge in [0.15, 0.2) is 0 Å². The zero-order chi connectivity index (χ0) is 13.8. The van der Waals surface area contributed by atoms with E-state index >= 15 is 0 Å². The van der Waals surface area contributed by atoms with Crippen LogP contribution in [0.2, 0.25) is 5.02 Å². The summed E-state index contributed by atoms with van der Waals surface area (Å²) in [6.07, 6.45) is 3.18. The lowest BCUT2D eigenvalue weighted by molar-refractivity contribution is 0.510. The predicted octanol–water partition coefficient (Wildman–Crippen LogP) is 4.91. The normalized spacial score (nSPS) is 11.6. The van der Waals surface area contributed by atoms with Gasteiger partial charge in [-0.25, -0.2) is 4.98 Å². The third-order valence-electron chi connectivity index (χ3n) is 3.27. The fourth-order valence-electron chi connectivity index (χ4n) is 2.33. The molecule has 104 valence electrons. The summed E-state index contributed by atoms with van der Waals surface area (Å²) in [7, 11) is 0. The van der Waals surface area contributed by atoms with Gasteiger partial charge in [-0.3, -0.25) is 0 Å². The van der Waals surface area contributed by atoms with E-state index in [1.165, 1.54) is 6.42 Å². The Labute approximate surface area is 124 Å². The number of halogens is 2. The van der Waals surface area contributed by atoms with Gasteiger partial charge in [0.25, 0.3) is 0 Å². The van der Waals surface area contributed by atoms with E-state index in [0.717, 1.165) is 47.2 Å². The Morgan fingerprint density at radius 1 is 1.32 bits per heavy atom. The molecule has 0 bridgehead atoms. The molecule has 0 saturated heterocycles. The summed E-state index contributed by atoms with van der Waals surface area (Å²) in [6, 6.07) is 5.87. The minimum Gasteiger partial charge on any atom is -0.328 e. The van der Waals surface area contributed by atoms with E-state index in [1.54, 1.807) is 0 Å². The molecule has 4 heteroatoms. The number of hydrogen-bond acceptors (Lipinski definition) is 1. The zero-order valence-corrected chi connectivity index (χ0v) is 13.0. The van der Waals surface area contributed by atoms with Crippen LogP contribution in [0.15, 0.2) is 18.2 Å². The second-order valence-corrected chi connectivity index (χ2v) is 6.10. The van der Waals surface area contributed by atoms with Crippen molar-refractivity contribution >= 4 is 34.2 Å². The summed E-state index contributed by atoms with van der Waals surface area (Å²) < 4.78 is 2.27. The van der Waals surface area contributed by atoms with Crippen LogP contribution in [0, 0.1) is 5.92 Å². The number of imidazole rings is 1. The van der Waals surface area contributed by atoms with E-state index in [0.29, 0.717) is 5.88 Å². The van der Waals surface area contributed by atoms with Crippen LogP contribution in [0.3, 0.4) is 0 Å². The molecule has 0 spiro atoms. The quantitative estimate of drug-likeness (QED) is 0.693. The number of fused-ring (bicyclic) bond motifs is 1. The number of benzene rings is 1. The van der Waals surface area contributed by atoms with Gasteiger partial charge in [0, 0.05) is 23.9 Å². The predicted molar refractivity (Wildman–Crippen MR) is 83.2 cm³/mol. The molecule has 1 heterocycles. The maximum absolute atomic E-state index is 6.09. The molecule has 0 fully saturated rings. The molecule has 0 N–H and O–H groups in total. The van der Waals surface area contributed by atoms with E-state index in [9.17, 15) is 0 Å². The van der Waals surface area contributed by atoms with Crippen molar-refractivity contribution in [2.24, 2.45) is 5.92 Å². The van der Waals surface area contributed by atoms with Crippen LogP contribution in [-0.4, -0.2) is 15.4 Å². The molecular formula is C15H20Cl2N2. The number of rotatable bonds is 6. The van der Waals surface area contributed by atoms with Gasteiger partial charge in [0.05, 0.1) is 11.0 Å². The number of alkyl halides is 1. The standard InChI is InChI=1S/C15H20Cl2N2/c1-11(2)4-3-9-19-14-10-12(17)5-6-13(14)18-15(19)7-8-16/h5-6,10-11H,3-4,7-9H2,1-2H3. The van der Waals surface area contributed by atoms with Crippen molar-refractivity contribution in [3.63, 3.8) is 0 Å². The van der Waals surface area contributed by atoms with E-state index in [4.69, 9.17) is 23.2 Å². The first kappa shape index (κ1) is 14.7. The Bertz CT molecular complexity index is 546. The third kappa shape index (κ3) is 3.64. The van der Waals surface area contributed by atoms with Gasteiger partial charge in [0.1, 0.15) is 5.82 Å². The van der Waals surface area contributed by atoms with Crippen LogP contribution >= 0.6 is 23.2 Å². The minimum absolute atomic E-state index is 0.598. The smallest absolute Gasteiger partial charge is 0.111 e. The topological polar surface area (TPSA) is 17.8 Å². The van der Waals surface area contributed by atoms with Gasteiger partial charge in [-0.1, -0.05) is 25.4 Å². The van der Waals surface area contributed by atoms with E-state index in [-0.39, 0.29) is 0 Å². The Balaban J connectivity index is 2.30. The second-order valence-electron chi connectivity index (χ2n) is 5.29. The molecule has 19 heavy (non-hydrogen) atoms. The fraction of sp³-hybridized carbons (Fsp3) is 0.533. The van der Waals surface area contributed by atoms with Crippen LogP contribution < -0.4 is 0 Å². The molecule has 1 aromatic carbocycles. The maximum atomic E-state index is 6.09. The molecule has 0 atom stereocenters. The highest BCUT2D eigenvalue weighted by molar-refractivity contribution is 6.31. The van der Waals surface area contributed by atoms with E-state index in [1.807, 2.05) is 18.2 Å². The molecule has 0 aliphatic rings. The molecule has 0 unspecified atom stereocenters. The summed E-state index contributed by atoms with van der Waals surface area (Å²) in [6.45, 7) is 5.49. The number of aromatic nitrogens is 2. The first-order valence-electron chi connectivity index (χ1n) is 6.82. The number of nitrogens with zero attached hydrogens (tertiary/aromatic N) is 2. The molecular weight excluding hydrogens is 279 g/mol. The SMILES string of the molecule is CC(C)CCCn1c(CCCl)nc2ccc(Cl)cc21. The van der Waals surface area contributed by atoms with Crippen molar-refractivity contribution in [3.05, 3.63) is 29.0 Å².